The third kappa shape index (κ3) is 3.96. The SMILES string of the molecule is Cc1c(Cl)cccc1NS(=O)(=O)c1cc(-c2nc(C(C)(C)C)cs2)cs1. The molecule has 2 heterocycles. The Bertz CT molecular complexity index is 1050. The van der Waals surface area contributed by atoms with Crippen molar-refractivity contribution in [2.75, 3.05) is 4.72 Å². The fraction of sp³-hybridized carbons (Fsp3) is 0.278. The van der Waals surface area contributed by atoms with Gasteiger partial charge in [-0.1, -0.05) is 38.4 Å². The van der Waals surface area contributed by atoms with Crippen molar-refractivity contribution in [2.45, 2.75) is 37.3 Å². The van der Waals surface area contributed by atoms with Crippen molar-refractivity contribution in [3.63, 3.8) is 0 Å². The summed E-state index contributed by atoms with van der Waals surface area (Å²) in [6.45, 7) is 8.09. The summed E-state index contributed by atoms with van der Waals surface area (Å²) in [4.78, 5) is 4.65. The highest BCUT2D eigenvalue weighted by Gasteiger charge is 2.21. The van der Waals surface area contributed by atoms with Crippen molar-refractivity contribution < 1.29 is 8.42 Å². The Kier molecular flexibility index (Phi) is 5.18. The molecule has 0 amide bonds. The van der Waals surface area contributed by atoms with Gasteiger partial charge in [0.25, 0.3) is 10.0 Å². The summed E-state index contributed by atoms with van der Waals surface area (Å²) in [6.07, 6.45) is 0. The summed E-state index contributed by atoms with van der Waals surface area (Å²) < 4.78 is 28.3. The second-order valence-electron chi connectivity index (χ2n) is 6.96. The van der Waals surface area contributed by atoms with Crippen LogP contribution in [-0.4, -0.2) is 13.4 Å². The van der Waals surface area contributed by atoms with Gasteiger partial charge in [-0.05, 0) is 30.7 Å². The number of nitrogens with one attached hydrogen (secondary N) is 1. The normalized spacial score (nSPS) is 12.3. The maximum absolute atomic E-state index is 12.7. The summed E-state index contributed by atoms with van der Waals surface area (Å²) in [6, 6.07) is 6.81. The first kappa shape index (κ1) is 19.4. The van der Waals surface area contributed by atoms with E-state index in [-0.39, 0.29) is 9.62 Å². The molecule has 138 valence electrons. The van der Waals surface area contributed by atoms with Gasteiger partial charge in [0.1, 0.15) is 9.22 Å². The summed E-state index contributed by atoms with van der Waals surface area (Å²) in [5, 5.41) is 5.19. The molecule has 0 radical (unpaired) electrons. The zero-order valence-electron chi connectivity index (χ0n) is 14.8. The van der Waals surface area contributed by atoms with E-state index in [0.717, 1.165) is 16.3 Å². The van der Waals surface area contributed by atoms with Crippen molar-refractivity contribution in [1.29, 1.82) is 0 Å². The van der Waals surface area contributed by atoms with Crippen LogP contribution in [0.4, 0.5) is 5.69 Å². The minimum atomic E-state index is -3.67. The quantitative estimate of drug-likeness (QED) is 0.562. The predicted molar refractivity (Wildman–Crippen MR) is 111 cm³/mol. The first-order valence-corrected chi connectivity index (χ1v) is 11.5. The van der Waals surface area contributed by atoms with E-state index in [1.54, 1.807) is 31.2 Å². The molecule has 3 aromatic rings. The molecule has 0 atom stereocenters. The highest BCUT2D eigenvalue weighted by molar-refractivity contribution is 7.94. The standard InChI is InChI=1S/C18H19ClN2O2S3/c1-11-13(19)6-5-7-14(11)21-26(22,23)16-8-12(9-24-16)17-20-15(10-25-17)18(2,3)4/h5-10,21H,1-4H3. The maximum atomic E-state index is 12.7. The van der Waals surface area contributed by atoms with E-state index >= 15 is 0 Å². The number of hydrogen-bond acceptors (Lipinski definition) is 5. The van der Waals surface area contributed by atoms with Gasteiger partial charge in [0.05, 0.1) is 11.4 Å². The van der Waals surface area contributed by atoms with Crippen LogP contribution in [0, 0.1) is 6.92 Å². The van der Waals surface area contributed by atoms with Crippen LogP contribution in [0.25, 0.3) is 10.6 Å². The molecule has 0 saturated heterocycles. The highest BCUT2D eigenvalue weighted by Crippen LogP contribution is 2.34. The molecule has 0 unspecified atom stereocenters. The van der Waals surface area contributed by atoms with E-state index in [9.17, 15) is 8.42 Å². The van der Waals surface area contributed by atoms with Crippen molar-refractivity contribution in [3.05, 3.63) is 51.3 Å². The average molecular weight is 427 g/mol. The van der Waals surface area contributed by atoms with Gasteiger partial charge in [-0.25, -0.2) is 13.4 Å². The molecule has 0 spiro atoms. The number of thiophene rings is 1. The van der Waals surface area contributed by atoms with Crippen LogP contribution in [0.3, 0.4) is 0 Å². The lowest BCUT2D eigenvalue weighted by molar-refractivity contribution is 0.573. The molecule has 0 fully saturated rings. The molecule has 0 saturated carbocycles. The Hall–Kier alpha value is -1.41. The number of halogens is 1. The fourth-order valence-corrected chi connectivity index (χ4v) is 5.80. The van der Waals surface area contributed by atoms with Gasteiger partial charge in [0.2, 0.25) is 0 Å². The van der Waals surface area contributed by atoms with E-state index in [2.05, 4.69) is 30.5 Å². The lowest BCUT2D eigenvalue weighted by Gasteiger charge is -2.14. The number of benzene rings is 1. The van der Waals surface area contributed by atoms with Gasteiger partial charge in [-0.3, -0.25) is 4.72 Å². The molecular weight excluding hydrogens is 408 g/mol. The van der Waals surface area contributed by atoms with E-state index < -0.39 is 10.0 Å². The molecule has 0 aliphatic carbocycles. The van der Waals surface area contributed by atoms with E-state index in [1.165, 1.54) is 22.7 Å². The monoisotopic (exact) mass is 426 g/mol. The highest BCUT2D eigenvalue weighted by atomic mass is 35.5. The van der Waals surface area contributed by atoms with Crippen LogP contribution in [-0.2, 0) is 15.4 Å². The molecule has 4 nitrogen and oxygen atoms in total. The summed E-state index contributed by atoms with van der Waals surface area (Å²) in [5.41, 5.74) is 2.96. The fourth-order valence-electron chi connectivity index (χ4n) is 2.23. The van der Waals surface area contributed by atoms with Gasteiger partial charge in [0, 0.05) is 26.8 Å². The minimum Gasteiger partial charge on any atom is -0.279 e. The Morgan fingerprint density at radius 3 is 2.54 bits per heavy atom. The third-order valence-electron chi connectivity index (χ3n) is 3.87. The summed E-state index contributed by atoms with van der Waals surface area (Å²) in [5.74, 6) is 0. The lowest BCUT2D eigenvalue weighted by atomic mass is 9.93. The van der Waals surface area contributed by atoms with Gasteiger partial charge in [-0.15, -0.1) is 22.7 Å². The Morgan fingerprint density at radius 2 is 1.88 bits per heavy atom. The average Bonchev–Trinajstić information content (AvgIpc) is 3.19. The molecule has 1 N–H and O–H groups in total. The first-order chi connectivity index (χ1) is 12.1. The van der Waals surface area contributed by atoms with Crippen LogP contribution in [0.5, 0.6) is 0 Å². The van der Waals surface area contributed by atoms with E-state index in [4.69, 9.17) is 11.6 Å². The molecule has 0 aliphatic rings. The number of rotatable bonds is 4. The van der Waals surface area contributed by atoms with Crippen molar-refractivity contribution in [2.24, 2.45) is 0 Å². The van der Waals surface area contributed by atoms with Crippen LogP contribution in [0.1, 0.15) is 32.0 Å². The molecule has 1 aromatic carbocycles. The largest absolute Gasteiger partial charge is 0.279 e. The van der Waals surface area contributed by atoms with Crippen molar-refractivity contribution >= 4 is 50.0 Å². The molecule has 26 heavy (non-hydrogen) atoms. The van der Waals surface area contributed by atoms with Gasteiger partial charge < -0.3 is 0 Å². The number of sulfonamides is 1. The molecule has 0 aliphatic heterocycles. The molecule has 2 aromatic heterocycles. The number of thiazole rings is 1. The molecule has 0 bridgehead atoms. The molecule has 3 rings (SSSR count). The van der Waals surface area contributed by atoms with E-state index in [1.807, 2.05) is 10.8 Å². The van der Waals surface area contributed by atoms with Gasteiger partial charge in [-0.2, -0.15) is 0 Å². The predicted octanol–water partition coefficient (Wildman–Crippen LogP) is 5.93. The number of nitrogens with zero attached hydrogens (tertiary/aromatic N) is 1. The van der Waals surface area contributed by atoms with Crippen molar-refractivity contribution in [1.82, 2.24) is 4.98 Å². The van der Waals surface area contributed by atoms with Crippen LogP contribution >= 0.6 is 34.3 Å². The third-order valence-corrected chi connectivity index (χ3v) is 7.98. The zero-order chi connectivity index (χ0) is 19.1. The second-order valence-corrected chi connectivity index (χ2v) is 11.0. The summed E-state index contributed by atoms with van der Waals surface area (Å²) in [7, 11) is -3.67. The number of aromatic nitrogens is 1. The lowest BCUT2D eigenvalue weighted by Crippen LogP contribution is -2.12. The Labute approximate surface area is 166 Å². The minimum absolute atomic E-state index is 0.0364. The Balaban J connectivity index is 1.89. The topological polar surface area (TPSA) is 59.1 Å². The van der Waals surface area contributed by atoms with Gasteiger partial charge in [0.15, 0.2) is 0 Å². The number of anilines is 1. The van der Waals surface area contributed by atoms with Crippen LogP contribution in [0.2, 0.25) is 5.02 Å². The molecule has 8 heteroatoms. The van der Waals surface area contributed by atoms with Crippen molar-refractivity contribution in [3.8, 4) is 10.6 Å². The van der Waals surface area contributed by atoms with Crippen LogP contribution < -0.4 is 4.72 Å². The second kappa shape index (κ2) is 6.96. The van der Waals surface area contributed by atoms with Gasteiger partial charge >= 0.3 is 0 Å². The first-order valence-electron chi connectivity index (χ1n) is 7.91. The zero-order valence-corrected chi connectivity index (χ0v) is 18.0. The molecular formula is C18H19ClN2O2S3. The van der Waals surface area contributed by atoms with E-state index in [0.29, 0.717) is 16.3 Å². The number of hydrogen-bond donors (Lipinski definition) is 1. The Morgan fingerprint density at radius 1 is 1.15 bits per heavy atom. The van der Waals surface area contributed by atoms with Crippen LogP contribution in [0.15, 0.2) is 39.2 Å². The smallest absolute Gasteiger partial charge is 0.271 e. The summed E-state index contributed by atoms with van der Waals surface area (Å²) >= 11 is 8.78. The maximum Gasteiger partial charge on any atom is 0.271 e.